The number of aliphatic hydroxyl groups excluding tert-OH is 2. The largest absolute Gasteiger partial charge is 0.459 e. The number of rotatable bonds is 38. The highest BCUT2D eigenvalue weighted by Gasteiger charge is 2.41. The number of esters is 1. The maximum atomic E-state index is 14.5. The molecule has 0 aromatic heterocycles. The van der Waals surface area contributed by atoms with Crippen molar-refractivity contribution in [3.8, 4) is 0 Å². The Kier molecular flexibility index (Phi) is 35.2. The van der Waals surface area contributed by atoms with Gasteiger partial charge >= 0.3 is 5.97 Å². The van der Waals surface area contributed by atoms with Gasteiger partial charge in [0.15, 0.2) is 17.3 Å². The number of aliphatic hydroxyl groups is 2. The van der Waals surface area contributed by atoms with Crippen LogP contribution in [0.1, 0.15) is 159 Å². The summed E-state index contributed by atoms with van der Waals surface area (Å²) in [6.07, 6.45) is 0.439. The minimum Gasteiger partial charge on any atom is -0.459 e. The zero-order valence-electron chi connectivity index (χ0n) is 54.7. The Labute approximate surface area is 526 Å². The van der Waals surface area contributed by atoms with Crippen LogP contribution < -0.4 is 59.3 Å². The van der Waals surface area contributed by atoms with Gasteiger partial charge in [-0.1, -0.05) is 125 Å². The van der Waals surface area contributed by atoms with Gasteiger partial charge in [-0.3, -0.25) is 58.1 Å². The van der Waals surface area contributed by atoms with Crippen molar-refractivity contribution < 1.29 is 67.7 Å². The third-order valence-corrected chi connectivity index (χ3v) is 17.4. The standard InChI is InChI=1S/C64H107N11O14/c1-14-35(5)45(32-50(78)47(26-27-53(66)81)71-62(86)49(34-77)72-63(87)55(37(7)16-3)74-61(85)48(67-13)30-43-23-19-18-20-24-43)60(84)73-54(36(6)15-2)52(80)31-44(33-76)59(83)75-57-41(11)89-64(88)56(38(8)17-4)69-40(10)46(25-21-22-28-68-42(12)65)70-58(82)39(9)29-51(57)79/h18-20,23-24,35-41,44-49,54-57,67-69,76-77H,12,14-17,21-22,25-34,65H2,1-11,13H3,(H2,66,81)(H,70,82)(H,71,86)(H,72,87)(H,73,84)(H,74,85)(H,75,83)/t35-,36-,37-,38-,39+,40?,41-,44-,45+,46-,47+,48+,49-,54-,55-,56-,57+/m0/s1. The smallest absolute Gasteiger partial charge is 0.323 e. The lowest BCUT2D eigenvalue weighted by atomic mass is 9.83. The van der Waals surface area contributed by atoms with E-state index in [2.05, 4.69) is 54.4 Å². The molecule has 0 bridgehead atoms. The zero-order valence-corrected chi connectivity index (χ0v) is 54.7. The fourth-order valence-electron chi connectivity index (χ4n) is 10.5. The molecular formula is C64H107N11O14. The summed E-state index contributed by atoms with van der Waals surface area (Å²) in [5, 5.41) is 46.7. The number of nitrogens with two attached hydrogens (primary N) is 2. The Balaban J connectivity index is 2.40. The van der Waals surface area contributed by atoms with Crippen molar-refractivity contribution in [2.45, 2.75) is 220 Å². The average Bonchev–Trinajstić information content (AvgIpc) is 3.52. The molecule has 1 aliphatic rings. The Morgan fingerprint density at radius 3 is 1.87 bits per heavy atom. The molecule has 25 nitrogen and oxygen atoms in total. The second-order valence-corrected chi connectivity index (χ2v) is 24.4. The molecule has 89 heavy (non-hydrogen) atoms. The van der Waals surface area contributed by atoms with Gasteiger partial charge in [0, 0.05) is 56.1 Å². The average molecular weight is 1250 g/mol. The number of carbonyl (C=O) groups is 11. The van der Waals surface area contributed by atoms with E-state index in [9.17, 15) is 63.0 Å². The number of carbonyl (C=O) groups excluding carboxylic acids is 11. The number of amides is 7. The van der Waals surface area contributed by atoms with Gasteiger partial charge < -0.3 is 69.0 Å². The van der Waals surface area contributed by atoms with E-state index in [-0.39, 0.29) is 25.2 Å². The van der Waals surface area contributed by atoms with Crippen LogP contribution in [0.5, 0.6) is 0 Å². The van der Waals surface area contributed by atoms with E-state index in [4.69, 9.17) is 16.2 Å². The van der Waals surface area contributed by atoms with Crippen molar-refractivity contribution in [2.24, 2.45) is 52.9 Å². The molecule has 0 spiro atoms. The highest BCUT2D eigenvalue weighted by molar-refractivity contribution is 5.99. The summed E-state index contributed by atoms with van der Waals surface area (Å²) >= 11 is 0. The van der Waals surface area contributed by atoms with Crippen molar-refractivity contribution >= 4 is 64.7 Å². The van der Waals surface area contributed by atoms with Crippen LogP contribution in [0.25, 0.3) is 0 Å². The lowest BCUT2D eigenvalue weighted by Crippen LogP contribution is -2.59. The summed E-state index contributed by atoms with van der Waals surface area (Å²) < 4.78 is 5.95. The molecule has 1 saturated heterocycles. The maximum Gasteiger partial charge on any atom is 0.323 e. The zero-order chi connectivity index (χ0) is 67.2. The van der Waals surface area contributed by atoms with Gasteiger partial charge in [-0.05, 0) is 82.2 Å². The summed E-state index contributed by atoms with van der Waals surface area (Å²) in [7, 11) is 1.61. The predicted molar refractivity (Wildman–Crippen MR) is 337 cm³/mol. The summed E-state index contributed by atoms with van der Waals surface area (Å²) in [4.78, 5) is 153. The first-order valence-electron chi connectivity index (χ1n) is 31.8. The third kappa shape index (κ3) is 25.9. The number of ketones is 3. The normalized spacial score (nSPS) is 22.0. The number of hydrogen-bond acceptors (Lipinski definition) is 18. The molecule has 17 atom stereocenters. The first-order valence-corrected chi connectivity index (χ1v) is 31.8. The molecule has 1 heterocycles. The molecule has 502 valence electrons. The highest BCUT2D eigenvalue weighted by Crippen LogP contribution is 2.25. The molecule has 7 amide bonds. The van der Waals surface area contributed by atoms with Crippen LogP contribution in [0.15, 0.2) is 42.7 Å². The molecular weight excluding hydrogens is 1150 g/mol. The van der Waals surface area contributed by atoms with E-state index in [0.29, 0.717) is 63.7 Å². The van der Waals surface area contributed by atoms with Crippen LogP contribution in [0, 0.1) is 41.4 Å². The molecule has 25 heteroatoms. The minimum atomic E-state index is -1.64. The summed E-state index contributed by atoms with van der Waals surface area (Å²) in [5.74, 6) is -12.8. The first kappa shape index (κ1) is 78.3. The van der Waals surface area contributed by atoms with E-state index in [1.54, 1.807) is 48.6 Å². The van der Waals surface area contributed by atoms with E-state index in [1.165, 1.54) is 6.92 Å². The quantitative estimate of drug-likeness (QED) is 0.0329. The summed E-state index contributed by atoms with van der Waals surface area (Å²) in [5.41, 5.74) is 12.0. The van der Waals surface area contributed by atoms with Crippen LogP contribution in [0.2, 0.25) is 0 Å². The lowest BCUT2D eigenvalue weighted by Gasteiger charge is -2.33. The van der Waals surface area contributed by atoms with Crippen LogP contribution >= 0.6 is 0 Å². The summed E-state index contributed by atoms with van der Waals surface area (Å²) in [6, 6.07) is -0.255. The van der Waals surface area contributed by atoms with Gasteiger partial charge in [0.2, 0.25) is 41.4 Å². The van der Waals surface area contributed by atoms with Crippen LogP contribution in [0.4, 0.5) is 0 Å². The number of unbranched alkanes of at least 4 members (excludes halogenated alkanes) is 1. The summed E-state index contributed by atoms with van der Waals surface area (Å²) in [6.45, 7) is 21.5. The number of nitrogens with one attached hydrogen (secondary N) is 9. The molecule has 0 radical (unpaired) electrons. The van der Waals surface area contributed by atoms with Gasteiger partial charge in [-0.2, -0.15) is 0 Å². The SMILES string of the molecule is C=C(N)NCCCC[C@@H]1NC(=O)[C@H](C)CC(=O)[C@H](NC(=O)[C@H](CO)CC(=O)[C@@H](NC(=O)[C@H](CC(=O)[C@@H](CCC(N)=O)NC(=O)[C@H](CO)NC(=O)[C@@H](NC(=O)[C@@H](Cc2ccccc2)NC)[C@@H](C)CC)[C@@H](C)CC)[C@@H](C)CC)[C@H](C)OC(=O)[C@H]([C@@H](C)CC)NC1C. The lowest BCUT2D eigenvalue weighted by molar-refractivity contribution is -0.156. The minimum absolute atomic E-state index is 0.266. The van der Waals surface area contributed by atoms with Gasteiger partial charge in [0.25, 0.3) is 0 Å². The Morgan fingerprint density at radius 2 is 1.30 bits per heavy atom. The second kappa shape index (κ2) is 40.0. The number of primary amides is 1. The van der Waals surface area contributed by atoms with Crippen molar-refractivity contribution in [3.05, 3.63) is 48.3 Å². The van der Waals surface area contributed by atoms with Gasteiger partial charge in [0.05, 0.1) is 43.1 Å². The second-order valence-electron chi connectivity index (χ2n) is 24.4. The fourth-order valence-corrected chi connectivity index (χ4v) is 10.5. The number of Topliss-reactive ketones (excluding diaryl/α,β-unsaturated/α-hetero) is 3. The number of benzene rings is 1. The first-order chi connectivity index (χ1) is 42.0. The number of likely N-dealkylation sites (N-methyl/N-ethyl adjacent to an activating group) is 1. The van der Waals surface area contributed by atoms with Crippen LogP contribution in [-0.2, 0) is 63.9 Å². The van der Waals surface area contributed by atoms with Crippen molar-refractivity contribution in [3.63, 3.8) is 0 Å². The van der Waals surface area contributed by atoms with E-state index >= 15 is 0 Å². The molecule has 1 aliphatic heterocycles. The van der Waals surface area contributed by atoms with E-state index in [1.807, 2.05) is 58.0 Å². The number of ether oxygens (including phenoxy) is 1. The Hall–Kier alpha value is -6.83. The van der Waals surface area contributed by atoms with Crippen LogP contribution in [0.3, 0.4) is 0 Å². The Bertz CT molecular complexity index is 2500. The predicted octanol–water partition coefficient (Wildman–Crippen LogP) is 1.39. The maximum absolute atomic E-state index is 14.5. The molecule has 1 unspecified atom stereocenters. The third-order valence-electron chi connectivity index (χ3n) is 17.4. The molecule has 15 N–H and O–H groups in total. The number of cyclic esters (lactones) is 1. The van der Waals surface area contributed by atoms with E-state index in [0.717, 1.165) is 5.56 Å². The number of hydrogen-bond donors (Lipinski definition) is 13. The molecule has 1 aromatic rings. The highest BCUT2D eigenvalue weighted by atomic mass is 16.5. The molecule has 0 saturated carbocycles. The van der Waals surface area contributed by atoms with Crippen molar-refractivity contribution in [1.82, 2.24) is 47.9 Å². The monoisotopic (exact) mass is 1250 g/mol. The molecule has 2 rings (SSSR count). The van der Waals surface area contributed by atoms with Gasteiger partial charge in [-0.25, -0.2) is 0 Å². The topological polar surface area (TPSA) is 398 Å². The van der Waals surface area contributed by atoms with E-state index < -0.39 is 187 Å². The van der Waals surface area contributed by atoms with Gasteiger partial charge in [0.1, 0.15) is 30.3 Å². The van der Waals surface area contributed by atoms with Crippen molar-refractivity contribution in [2.75, 3.05) is 26.8 Å². The molecule has 1 fully saturated rings. The molecule has 0 aliphatic carbocycles. The van der Waals surface area contributed by atoms with Gasteiger partial charge in [-0.15, -0.1) is 0 Å². The fraction of sp³-hybridized carbons (Fsp3) is 0.703. The van der Waals surface area contributed by atoms with Crippen LogP contribution in [-0.4, -0.2) is 162 Å². The van der Waals surface area contributed by atoms with Crippen molar-refractivity contribution in [1.29, 1.82) is 0 Å². The Morgan fingerprint density at radius 1 is 0.708 bits per heavy atom. The molecule has 1 aromatic carbocycles.